The summed E-state index contributed by atoms with van der Waals surface area (Å²) in [4.78, 5) is 26.5. The first-order chi connectivity index (χ1) is 19.6. The number of aryl methyl sites for hydroxylation is 1. The second-order valence-electron chi connectivity index (χ2n) is 13.1. The molecule has 1 N–H and O–H groups in total. The van der Waals surface area contributed by atoms with Crippen LogP contribution in [0.4, 0.5) is 5.82 Å². The Hall–Kier alpha value is -2.77. The van der Waals surface area contributed by atoms with Crippen LogP contribution in [0.25, 0.3) is 10.4 Å². The van der Waals surface area contributed by atoms with Gasteiger partial charge in [-0.1, -0.05) is 32.9 Å². The molecule has 7 heteroatoms. The van der Waals surface area contributed by atoms with Gasteiger partial charge in [-0.3, -0.25) is 9.69 Å². The molecule has 5 rings (SSSR count). The van der Waals surface area contributed by atoms with E-state index in [4.69, 9.17) is 9.72 Å². The Kier molecular flexibility index (Phi) is 9.15. The Morgan fingerprint density at radius 1 is 1.02 bits per heavy atom. The number of carbonyl (C=O) groups is 1. The average molecular weight is 576 g/mol. The molecule has 1 aromatic carbocycles. The largest absolute Gasteiger partial charge is 0.496 e. The van der Waals surface area contributed by atoms with E-state index in [2.05, 4.69) is 56.9 Å². The number of anilines is 1. The number of aliphatic hydroxyl groups is 1. The minimum absolute atomic E-state index is 0.00428. The molecule has 0 radical (unpaired) electrons. The minimum atomic E-state index is -0.283. The van der Waals surface area contributed by atoms with E-state index in [1.807, 2.05) is 23.4 Å². The molecule has 0 bridgehead atoms. The van der Waals surface area contributed by atoms with Crippen molar-refractivity contribution in [1.29, 1.82) is 0 Å². The van der Waals surface area contributed by atoms with E-state index < -0.39 is 0 Å². The standard InChI is InChI=1S/C34H45N3O3S/c1-22-18-26(12-15-29(22)40-5)24-8-6-23(7-9-24)21-37(32(39)25-10-13-28(38)14-11-25)31-19-27(16-17-35-31)30-20-36-33(41-30)34(2,3)4/h12,15-20,23-25,28,38H,6-11,13-14,21H2,1-5H3/t23-,24-,25-,28-. The van der Waals surface area contributed by atoms with Gasteiger partial charge in [-0.2, -0.15) is 0 Å². The van der Waals surface area contributed by atoms with Gasteiger partial charge in [-0.25, -0.2) is 9.97 Å². The van der Waals surface area contributed by atoms with Crippen LogP contribution in [0.15, 0.2) is 42.7 Å². The molecule has 41 heavy (non-hydrogen) atoms. The van der Waals surface area contributed by atoms with Crippen LogP contribution in [0.2, 0.25) is 0 Å². The molecule has 2 saturated carbocycles. The van der Waals surface area contributed by atoms with Crippen LogP contribution in [0, 0.1) is 18.8 Å². The van der Waals surface area contributed by atoms with Crippen LogP contribution in [0.5, 0.6) is 5.75 Å². The van der Waals surface area contributed by atoms with Crippen molar-refractivity contribution < 1.29 is 14.6 Å². The molecule has 2 fully saturated rings. The van der Waals surface area contributed by atoms with Crippen molar-refractivity contribution in [2.75, 3.05) is 18.6 Å². The molecule has 0 saturated heterocycles. The number of rotatable bonds is 7. The number of carbonyl (C=O) groups excluding carboxylic acids is 1. The van der Waals surface area contributed by atoms with E-state index in [1.54, 1.807) is 18.4 Å². The minimum Gasteiger partial charge on any atom is -0.496 e. The lowest BCUT2D eigenvalue weighted by Gasteiger charge is -2.35. The zero-order valence-corrected chi connectivity index (χ0v) is 26.0. The normalized spacial score (nSPS) is 23.3. The molecule has 2 aliphatic carbocycles. The molecule has 0 atom stereocenters. The van der Waals surface area contributed by atoms with Gasteiger partial charge < -0.3 is 9.84 Å². The molecule has 0 unspecified atom stereocenters. The Labute approximate surface area is 249 Å². The van der Waals surface area contributed by atoms with Crippen molar-refractivity contribution in [3.05, 3.63) is 58.9 Å². The second-order valence-corrected chi connectivity index (χ2v) is 14.1. The molecular formula is C34H45N3O3S. The summed E-state index contributed by atoms with van der Waals surface area (Å²) >= 11 is 1.71. The molecule has 2 aliphatic rings. The second kappa shape index (κ2) is 12.6. The summed E-state index contributed by atoms with van der Waals surface area (Å²) in [6, 6.07) is 10.7. The van der Waals surface area contributed by atoms with Crippen molar-refractivity contribution in [1.82, 2.24) is 9.97 Å². The lowest BCUT2D eigenvalue weighted by atomic mass is 9.78. The van der Waals surface area contributed by atoms with Crippen molar-refractivity contribution in [3.63, 3.8) is 0 Å². The number of hydrogen-bond acceptors (Lipinski definition) is 6. The van der Waals surface area contributed by atoms with E-state index in [0.717, 1.165) is 65.5 Å². The third-order valence-corrected chi connectivity index (χ3v) is 10.4. The number of methoxy groups -OCH3 is 1. The van der Waals surface area contributed by atoms with Gasteiger partial charge >= 0.3 is 0 Å². The zero-order valence-electron chi connectivity index (χ0n) is 25.2. The third kappa shape index (κ3) is 7.00. The number of amides is 1. The Balaban J connectivity index is 1.34. The number of aliphatic hydroxyl groups excluding tert-OH is 1. The molecule has 0 aliphatic heterocycles. The number of aromatic nitrogens is 2. The highest BCUT2D eigenvalue weighted by Gasteiger charge is 2.33. The highest BCUT2D eigenvalue weighted by Crippen LogP contribution is 2.39. The summed E-state index contributed by atoms with van der Waals surface area (Å²) in [5.74, 6) is 2.76. The van der Waals surface area contributed by atoms with Gasteiger partial charge in [0.1, 0.15) is 11.6 Å². The van der Waals surface area contributed by atoms with Gasteiger partial charge in [0, 0.05) is 30.3 Å². The summed E-state index contributed by atoms with van der Waals surface area (Å²) in [7, 11) is 1.72. The number of thiazole rings is 1. The van der Waals surface area contributed by atoms with Crippen LogP contribution in [-0.2, 0) is 10.2 Å². The Bertz CT molecular complexity index is 1330. The van der Waals surface area contributed by atoms with Crippen LogP contribution in [-0.4, -0.2) is 40.7 Å². The first kappa shape index (κ1) is 29.7. The highest BCUT2D eigenvalue weighted by molar-refractivity contribution is 7.15. The quantitative estimate of drug-likeness (QED) is 0.313. The van der Waals surface area contributed by atoms with Gasteiger partial charge in [-0.05, 0) is 105 Å². The smallest absolute Gasteiger partial charge is 0.231 e. The van der Waals surface area contributed by atoms with E-state index in [1.165, 1.54) is 11.1 Å². The summed E-state index contributed by atoms with van der Waals surface area (Å²) in [6.45, 7) is 9.34. The van der Waals surface area contributed by atoms with Gasteiger partial charge in [0.15, 0.2) is 0 Å². The van der Waals surface area contributed by atoms with Crippen molar-refractivity contribution in [2.45, 2.75) is 96.5 Å². The molecule has 0 spiro atoms. The van der Waals surface area contributed by atoms with Gasteiger partial charge in [-0.15, -0.1) is 11.3 Å². The van der Waals surface area contributed by atoms with Gasteiger partial charge in [0.2, 0.25) is 5.91 Å². The summed E-state index contributed by atoms with van der Waals surface area (Å²) in [5, 5.41) is 11.2. The van der Waals surface area contributed by atoms with Gasteiger partial charge in [0.05, 0.1) is 23.1 Å². The first-order valence-corrected chi connectivity index (χ1v) is 16.0. The lowest BCUT2D eigenvalue weighted by Crippen LogP contribution is -2.42. The summed E-state index contributed by atoms with van der Waals surface area (Å²) in [6.07, 6.45) is 10.8. The first-order valence-electron chi connectivity index (χ1n) is 15.2. The molecule has 2 aromatic heterocycles. The maximum Gasteiger partial charge on any atom is 0.231 e. The number of pyridine rings is 1. The number of ether oxygens (including phenoxy) is 1. The molecule has 220 valence electrons. The third-order valence-electron chi connectivity index (χ3n) is 8.94. The maximum atomic E-state index is 14.0. The predicted molar refractivity (Wildman–Crippen MR) is 167 cm³/mol. The Morgan fingerprint density at radius 2 is 1.76 bits per heavy atom. The number of benzene rings is 1. The van der Waals surface area contributed by atoms with E-state index in [-0.39, 0.29) is 23.3 Å². The SMILES string of the molecule is COc1ccc([C@H]2CC[C@H](CN(c3cc(-c4cnc(C(C)(C)C)s4)ccn3)C(=O)[C@H]3CC[C@H](O)CC3)CC2)cc1C. The number of hydrogen-bond donors (Lipinski definition) is 1. The summed E-state index contributed by atoms with van der Waals surface area (Å²) in [5.41, 5.74) is 3.63. The average Bonchev–Trinajstić information content (AvgIpc) is 3.48. The van der Waals surface area contributed by atoms with Crippen LogP contribution < -0.4 is 9.64 Å². The number of nitrogens with zero attached hydrogens (tertiary/aromatic N) is 3. The molecular weight excluding hydrogens is 530 g/mol. The van der Waals surface area contributed by atoms with Crippen LogP contribution >= 0.6 is 11.3 Å². The van der Waals surface area contributed by atoms with Crippen molar-refractivity contribution in [2.24, 2.45) is 11.8 Å². The monoisotopic (exact) mass is 575 g/mol. The molecule has 3 aromatic rings. The fourth-order valence-corrected chi connectivity index (χ4v) is 7.38. The molecule has 2 heterocycles. The van der Waals surface area contributed by atoms with Crippen LogP contribution in [0.1, 0.15) is 94.2 Å². The topological polar surface area (TPSA) is 75.5 Å². The Morgan fingerprint density at radius 3 is 2.39 bits per heavy atom. The van der Waals surface area contributed by atoms with Gasteiger partial charge in [0.25, 0.3) is 0 Å². The van der Waals surface area contributed by atoms with E-state index >= 15 is 0 Å². The zero-order chi connectivity index (χ0) is 29.1. The van der Waals surface area contributed by atoms with Crippen molar-refractivity contribution in [3.8, 4) is 16.2 Å². The lowest BCUT2D eigenvalue weighted by molar-refractivity contribution is -0.124. The highest BCUT2D eigenvalue weighted by atomic mass is 32.1. The fourth-order valence-electron chi connectivity index (χ4n) is 6.41. The van der Waals surface area contributed by atoms with E-state index in [9.17, 15) is 9.90 Å². The fraction of sp³-hybridized carbons (Fsp3) is 0.559. The molecule has 1 amide bonds. The molecule has 6 nitrogen and oxygen atoms in total. The maximum absolute atomic E-state index is 14.0. The predicted octanol–water partition coefficient (Wildman–Crippen LogP) is 7.68. The van der Waals surface area contributed by atoms with Crippen molar-refractivity contribution >= 4 is 23.1 Å². The van der Waals surface area contributed by atoms with Crippen LogP contribution in [0.3, 0.4) is 0 Å². The van der Waals surface area contributed by atoms with E-state index in [0.29, 0.717) is 31.2 Å². The summed E-state index contributed by atoms with van der Waals surface area (Å²) < 4.78 is 5.46.